The molecule has 1 heterocycles. The van der Waals surface area contributed by atoms with Gasteiger partial charge in [-0.15, -0.1) is 0 Å². The summed E-state index contributed by atoms with van der Waals surface area (Å²) in [5.74, 6) is 0. The highest BCUT2D eigenvalue weighted by Crippen LogP contribution is 2.30. The number of halogens is 3. The van der Waals surface area contributed by atoms with Gasteiger partial charge in [0.1, 0.15) is 0 Å². The van der Waals surface area contributed by atoms with E-state index in [1.807, 2.05) is 6.92 Å². The summed E-state index contributed by atoms with van der Waals surface area (Å²) in [6.07, 6.45) is -3.34. The zero-order valence-electron chi connectivity index (χ0n) is 11.4. The minimum atomic E-state index is -4.56. The van der Waals surface area contributed by atoms with Crippen molar-refractivity contribution in [3.05, 3.63) is 29.8 Å². The minimum Gasteiger partial charge on any atom is -0.314 e. The van der Waals surface area contributed by atoms with E-state index in [1.54, 1.807) is 0 Å². The standard InChI is InChI=1S/C13H17F3N2O2S/c1-9-7-11(5-6-17-9)18-21(19,20)12-4-2-3-10(8-12)13(14,15)16/h2-4,8-9,11,17-18H,5-7H2,1H3. The van der Waals surface area contributed by atoms with E-state index in [0.29, 0.717) is 25.5 Å². The Bertz CT molecular complexity index is 602. The van der Waals surface area contributed by atoms with E-state index in [4.69, 9.17) is 0 Å². The molecule has 2 unspecified atom stereocenters. The van der Waals surface area contributed by atoms with E-state index in [9.17, 15) is 21.6 Å². The predicted octanol–water partition coefficient (Wildman–Crippen LogP) is 2.12. The second-order valence-corrected chi connectivity index (χ2v) is 6.94. The summed E-state index contributed by atoms with van der Waals surface area (Å²) in [4.78, 5) is -0.358. The van der Waals surface area contributed by atoms with Crippen LogP contribution in [0.15, 0.2) is 29.2 Å². The third kappa shape index (κ3) is 4.18. The van der Waals surface area contributed by atoms with Gasteiger partial charge < -0.3 is 5.32 Å². The van der Waals surface area contributed by atoms with Crippen LogP contribution in [0.2, 0.25) is 0 Å². The van der Waals surface area contributed by atoms with Gasteiger partial charge in [-0.2, -0.15) is 13.2 Å². The molecule has 0 spiro atoms. The molecule has 1 fully saturated rings. The quantitative estimate of drug-likeness (QED) is 0.896. The lowest BCUT2D eigenvalue weighted by molar-refractivity contribution is -0.137. The number of hydrogen-bond acceptors (Lipinski definition) is 3. The first-order chi connectivity index (χ1) is 9.68. The van der Waals surface area contributed by atoms with Crippen LogP contribution in [0.5, 0.6) is 0 Å². The monoisotopic (exact) mass is 322 g/mol. The highest BCUT2D eigenvalue weighted by Gasteiger charge is 2.32. The van der Waals surface area contributed by atoms with Crippen molar-refractivity contribution in [1.29, 1.82) is 0 Å². The molecule has 0 bridgehead atoms. The second kappa shape index (κ2) is 5.94. The second-order valence-electron chi connectivity index (χ2n) is 5.22. The third-order valence-corrected chi connectivity index (χ3v) is 4.94. The first-order valence-corrected chi connectivity index (χ1v) is 8.10. The molecular weight excluding hydrogens is 305 g/mol. The Balaban J connectivity index is 2.19. The van der Waals surface area contributed by atoms with Crippen LogP contribution < -0.4 is 10.0 Å². The van der Waals surface area contributed by atoms with Crippen molar-refractivity contribution < 1.29 is 21.6 Å². The SMILES string of the molecule is CC1CC(NS(=O)(=O)c2cccc(C(F)(F)F)c2)CCN1. The number of sulfonamides is 1. The Morgan fingerprint density at radius 2 is 2.05 bits per heavy atom. The van der Waals surface area contributed by atoms with Crippen molar-refractivity contribution in [1.82, 2.24) is 10.0 Å². The molecule has 1 aliphatic rings. The molecule has 0 saturated carbocycles. The van der Waals surface area contributed by atoms with E-state index >= 15 is 0 Å². The van der Waals surface area contributed by atoms with Crippen molar-refractivity contribution >= 4 is 10.0 Å². The van der Waals surface area contributed by atoms with Crippen LogP contribution in [0.25, 0.3) is 0 Å². The van der Waals surface area contributed by atoms with E-state index < -0.39 is 21.8 Å². The molecule has 1 aliphatic heterocycles. The normalized spacial score (nSPS) is 24.0. The van der Waals surface area contributed by atoms with Gasteiger partial charge in [0.2, 0.25) is 10.0 Å². The summed E-state index contributed by atoms with van der Waals surface area (Å²) in [6, 6.07) is 3.69. The highest BCUT2D eigenvalue weighted by atomic mass is 32.2. The molecule has 2 N–H and O–H groups in total. The molecule has 1 saturated heterocycles. The Labute approximate surface area is 121 Å². The van der Waals surface area contributed by atoms with Gasteiger partial charge in [0.15, 0.2) is 0 Å². The maximum absolute atomic E-state index is 12.6. The Hall–Kier alpha value is -1.12. The molecule has 0 radical (unpaired) electrons. The van der Waals surface area contributed by atoms with E-state index in [0.717, 1.165) is 12.1 Å². The van der Waals surface area contributed by atoms with Gasteiger partial charge in [-0.25, -0.2) is 13.1 Å². The minimum absolute atomic E-state index is 0.174. The zero-order valence-corrected chi connectivity index (χ0v) is 12.3. The maximum atomic E-state index is 12.6. The number of alkyl halides is 3. The van der Waals surface area contributed by atoms with Crippen LogP contribution in [0, 0.1) is 0 Å². The Morgan fingerprint density at radius 3 is 2.67 bits per heavy atom. The molecule has 0 aliphatic carbocycles. The van der Waals surface area contributed by atoms with Crippen LogP contribution in [-0.4, -0.2) is 27.0 Å². The molecule has 2 atom stereocenters. The molecule has 21 heavy (non-hydrogen) atoms. The summed E-state index contributed by atoms with van der Waals surface area (Å²) >= 11 is 0. The maximum Gasteiger partial charge on any atom is 0.416 e. The van der Waals surface area contributed by atoms with Crippen molar-refractivity contribution in [3.63, 3.8) is 0 Å². The van der Waals surface area contributed by atoms with Gasteiger partial charge in [0.05, 0.1) is 10.5 Å². The molecule has 4 nitrogen and oxygen atoms in total. The molecule has 1 aromatic carbocycles. The van der Waals surface area contributed by atoms with Crippen LogP contribution in [0.4, 0.5) is 13.2 Å². The van der Waals surface area contributed by atoms with Crippen LogP contribution in [0.3, 0.4) is 0 Å². The lowest BCUT2D eigenvalue weighted by Gasteiger charge is -2.28. The first kappa shape index (κ1) is 16.3. The van der Waals surface area contributed by atoms with Gasteiger partial charge in [-0.1, -0.05) is 6.07 Å². The van der Waals surface area contributed by atoms with Gasteiger partial charge in [-0.05, 0) is 44.5 Å². The van der Waals surface area contributed by atoms with E-state index in [-0.39, 0.29) is 17.0 Å². The third-order valence-electron chi connectivity index (χ3n) is 3.42. The van der Waals surface area contributed by atoms with Crippen molar-refractivity contribution in [2.45, 2.75) is 42.9 Å². The summed E-state index contributed by atoms with van der Waals surface area (Å²) in [7, 11) is -3.94. The van der Waals surface area contributed by atoms with Crippen molar-refractivity contribution in [2.75, 3.05) is 6.54 Å². The molecule has 118 valence electrons. The van der Waals surface area contributed by atoms with Crippen molar-refractivity contribution in [2.24, 2.45) is 0 Å². The fraction of sp³-hybridized carbons (Fsp3) is 0.538. The average molecular weight is 322 g/mol. The van der Waals surface area contributed by atoms with Crippen LogP contribution in [0.1, 0.15) is 25.3 Å². The number of rotatable bonds is 3. The fourth-order valence-corrected chi connectivity index (χ4v) is 3.69. The lowest BCUT2D eigenvalue weighted by atomic mass is 10.0. The summed E-state index contributed by atoms with van der Waals surface area (Å²) in [5.41, 5.74) is -0.968. The first-order valence-electron chi connectivity index (χ1n) is 6.61. The van der Waals surface area contributed by atoms with Gasteiger partial charge >= 0.3 is 6.18 Å². The number of nitrogens with one attached hydrogen (secondary N) is 2. The van der Waals surface area contributed by atoms with E-state index in [2.05, 4.69) is 10.0 Å². The predicted molar refractivity (Wildman–Crippen MR) is 72.3 cm³/mol. The molecule has 1 aromatic rings. The zero-order chi connectivity index (χ0) is 15.7. The molecule has 0 amide bonds. The largest absolute Gasteiger partial charge is 0.416 e. The highest BCUT2D eigenvalue weighted by molar-refractivity contribution is 7.89. The number of piperidine rings is 1. The van der Waals surface area contributed by atoms with Gasteiger partial charge in [-0.3, -0.25) is 0 Å². The number of hydrogen-bond donors (Lipinski definition) is 2. The summed E-state index contributed by atoms with van der Waals surface area (Å²) < 4.78 is 64.8. The molecule has 0 aromatic heterocycles. The average Bonchev–Trinajstić information content (AvgIpc) is 2.37. The fourth-order valence-electron chi connectivity index (χ4n) is 2.37. The van der Waals surface area contributed by atoms with Gasteiger partial charge in [0, 0.05) is 12.1 Å². The molecular formula is C13H17F3N2O2S. The van der Waals surface area contributed by atoms with Crippen LogP contribution >= 0.6 is 0 Å². The Kier molecular flexibility index (Phi) is 4.60. The smallest absolute Gasteiger partial charge is 0.314 e. The van der Waals surface area contributed by atoms with Gasteiger partial charge in [0.25, 0.3) is 0 Å². The molecule has 8 heteroatoms. The van der Waals surface area contributed by atoms with Crippen LogP contribution in [-0.2, 0) is 16.2 Å². The number of benzene rings is 1. The summed E-state index contributed by atoms with van der Waals surface area (Å²) in [5, 5.41) is 3.18. The topological polar surface area (TPSA) is 58.2 Å². The lowest BCUT2D eigenvalue weighted by Crippen LogP contribution is -2.46. The van der Waals surface area contributed by atoms with Crippen molar-refractivity contribution in [3.8, 4) is 0 Å². The molecule has 2 rings (SSSR count). The van der Waals surface area contributed by atoms with E-state index in [1.165, 1.54) is 6.07 Å². The Morgan fingerprint density at radius 1 is 1.33 bits per heavy atom. The summed E-state index contributed by atoms with van der Waals surface area (Å²) in [6.45, 7) is 2.61.